The van der Waals surface area contributed by atoms with Crippen molar-refractivity contribution < 1.29 is 26.4 Å². The van der Waals surface area contributed by atoms with Crippen LogP contribution in [0, 0.1) is 23.0 Å². The number of nitrogens with zero attached hydrogens (tertiary/aromatic N) is 4. The van der Waals surface area contributed by atoms with Crippen LogP contribution in [0.1, 0.15) is 34.5 Å². The Morgan fingerprint density at radius 1 is 0.880 bits per heavy atom. The molecule has 0 radical (unpaired) electrons. The third kappa shape index (κ3) is 6.70. The second-order valence-corrected chi connectivity index (χ2v) is 14.1. The molecule has 254 valence electrons. The van der Waals surface area contributed by atoms with Crippen molar-refractivity contribution in [3.05, 3.63) is 126 Å². The minimum atomic E-state index is -4.52. The summed E-state index contributed by atoms with van der Waals surface area (Å²) in [6, 6.07) is 23.6. The van der Waals surface area contributed by atoms with Gasteiger partial charge in [-0.2, -0.15) is 9.57 Å². The number of halogens is 2. The van der Waals surface area contributed by atoms with E-state index in [0.717, 1.165) is 105 Å². The molecule has 1 saturated heterocycles. The molecule has 0 unspecified atom stereocenters. The Hall–Kier alpha value is -5.51. The highest BCUT2D eigenvalue weighted by Gasteiger charge is 2.34. The SMILES string of the molecule is N#Cc1ccc2[nH]cc(CCCCN3CCN(c4ccc5oc(C(=O)N(c6ccc(F)cc6)S(=O)(=O)c6ccc(F)cc6)cc5c4)CC3)c2c1. The number of fused-ring (bicyclic) bond motifs is 2. The Morgan fingerprint density at radius 2 is 1.60 bits per heavy atom. The normalized spacial score (nSPS) is 13.9. The van der Waals surface area contributed by atoms with E-state index in [-0.39, 0.29) is 16.3 Å². The zero-order valence-corrected chi connectivity index (χ0v) is 27.8. The van der Waals surface area contributed by atoms with Gasteiger partial charge in [0.05, 0.1) is 22.2 Å². The van der Waals surface area contributed by atoms with Crippen LogP contribution in [-0.4, -0.2) is 56.9 Å². The first-order valence-electron chi connectivity index (χ1n) is 16.3. The quantitative estimate of drug-likeness (QED) is 0.151. The Bertz CT molecular complexity index is 2320. The van der Waals surface area contributed by atoms with E-state index in [9.17, 15) is 27.3 Å². The number of H-pyrrole nitrogens is 1. The molecule has 1 N–H and O–H groups in total. The van der Waals surface area contributed by atoms with Gasteiger partial charge in [-0.3, -0.25) is 9.69 Å². The smallest absolute Gasteiger partial charge is 0.308 e. The van der Waals surface area contributed by atoms with E-state index >= 15 is 0 Å². The molecule has 6 aromatic rings. The van der Waals surface area contributed by atoms with E-state index in [1.807, 2.05) is 36.5 Å². The summed E-state index contributed by atoms with van der Waals surface area (Å²) in [6.45, 7) is 4.45. The second kappa shape index (κ2) is 13.8. The topological polar surface area (TPSA) is 114 Å². The summed E-state index contributed by atoms with van der Waals surface area (Å²) in [4.78, 5) is 21.5. The highest BCUT2D eigenvalue weighted by Crippen LogP contribution is 2.31. The number of hydrogen-bond acceptors (Lipinski definition) is 7. The monoisotopic (exact) mass is 693 g/mol. The van der Waals surface area contributed by atoms with Crippen molar-refractivity contribution in [3.63, 3.8) is 0 Å². The van der Waals surface area contributed by atoms with E-state index in [1.165, 1.54) is 23.8 Å². The van der Waals surface area contributed by atoms with E-state index in [2.05, 4.69) is 20.9 Å². The number of nitrogens with one attached hydrogen (secondary N) is 1. The largest absolute Gasteiger partial charge is 0.451 e. The predicted octanol–water partition coefficient (Wildman–Crippen LogP) is 7.24. The number of aromatic nitrogens is 1. The van der Waals surface area contributed by atoms with Crippen molar-refractivity contribution in [2.45, 2.75) is 24.2 Å². The second-order valence-electron chi connectivity index (χ2n) is 12.3. The zero-order chi connectivity index (χ0) is 34.8. The van der Waals surface area contributed by atoms with Gasteiger partial charge in [-0.05, 0) is 122 Å². The van der Waals surface area contributed by atoms with Gasteiger partial charge in [0, 0.05) is 54.4 Å². The number of aromatic amines is 1. The number of amides is 1. The van der Waals surface area contributed by atoms with Crippen LogP contribution in [0.25, 0.3) is 21.9 Å². The molecule has 12 heteroatoms. The minimum absolute atomic E-state index is 0.0908. The van der Waals surface area contributed by atoms with Crippen molar-refractivity contribution in [1.82, 2.24) is 9.88 Å². The van der Waals surface area contributed by atoms with Gasteiger partial charge in [0.15, 0.2) is 5.76 Å². The van der Waals surface area contributed by atoms with Gasteiger partial charge >= 0.3 is 5.91 Å². The molecule has 1 aliphatic heterocycles. The number of nitriles is 1. The number of furan rings is 1. The molecule has 1 amide bonds. The molecule has 0 spiro atoms. The number of anilines is 2. The van der Waals surface area contributed by atoms with Gasteiger partial charge in [0.25, 0.3) is 10.0 Å². The molecular weight excluding hydrogens is 661 g/mol. The van der Waals surface area contributed by atoms with E-state index in [1.54, 1.807) is 6.07 Å². The number of carbonyl (C=O) groups is 1. The lowest BCUT2D eigenvalue weighted by Crippen LogP contribution is -2.46. The molecule has 9 nitrogen and oxygen atoms in total. The van der Waals surface area contributed by atoms with Gasteiger partial charge in [-0.25, -0.2) is 17.2 Å². The average Bonchev–Trinajstić information content (AvgIpc) is 3.75. The van der Waals surface area contributed by atoms with E-state index in [4.69, 9.17) is 4.42 Å². The highest BCUT2D eigenvalue weighted by molar-refractivity contribution is 7.93. The number of unbranched alkanes of at least 4 members (excludes halogenated alkanes) is 1. The molecule has 1 aliphatic rings. The van der Waals surface area contributed by atoms with Crippen molar-refractivity contribution in [2.75, 3.05) is 41.9 Å². The fourth-order valence-corrected chi connectivity index (χ4v) is 7.82. The Kier molecular flexibility index (Phi) is 9.10. The standard InChI is InChI=1S/C38H33F2N5O4S/c39-29-5-9-31(10-6-29)45(50(47,48)33-12-7-30(40)8-13-33)38(46)37-23-28-22-32(11-15-36(28)49-37)44-19-17-43(18-20-44)16-2-1-3-27-25-42-35-14-4-26(24-41)21-34(27)35/h4-15,21-23,25,42H,1-3,16-20H2. The Balaban J connectivity index is 1.00. The van der Waals surface area contributed by atoms with Crippen LogP contribution in [0.15, 0.2) is 107 Å². The summed E-state index contributed by atoms with van der Waals surface area (Å²) in [6.07, 6.45) is 5.10. The maximum absolute atomic E-state index is 13.8. The summed E-state index contributed by atoms with van der Waals surface area (Å²) in [5, 5.41) is 11.0. The summed E-state index contributed by atoms with van der Waals surface area (Å²) in [5.74, 6) is -2.41. The minimum Gasteiger partial charge on any atom is -0.451 e. The number of rotatable bonds is 10. The predicted molar refractivity (Wildman–Crippen MR) is 188 cm³/mol. The van der Waals surface area contributed by atoms with Crippen LogP contribution in [0.3, 0.4) is 0 Å². The summed E-state index contributed by atoms with van der Waals surface area (Å²) in [5.41, 5.74) is 4.23. The number of sulfonamides is 1. The molecule has 4 aromatic carbocycles. The number of piperazine rings is 1. The number of carbonyl (C=O) groups excluding carboxylic acids is 1. The summed E-state index contributed by atoms with van der Waals surface area (Å²) < 4.78 is 61.1. The van der Waals surface area contributed by atoms with E-state index < -0.39 is 27.6 Å². The third-order valence-electron chi connectivity index (χ3n) is 9.11. The lowest BCUT2D eigenvalue weighted by atomic mass is 10.1. The van der Waals surface area contributed by atoms with Crippen LogP contribution in [0.2, 0.25) is 0 Å². The zero-order valence-electron chi connectivity index (χ0n) is 27.0. The fourth-order valence-electron chi connectivity index (χ4n) is 6.42. The first-order valence-corrected chi connectivity index (χ1v) is 17.8. The van der Waals surface area contributed by atoms with Crippen molar-refractivity contribution in [2.24, 2.45) is 0 Å². The Morgan fingerprint density at radius 3 is 2.32 bits per heavy atom. The molecule has 50 heavy (non-hydrogen) atoms. The first-order chi connectivity index (χ1) is 24.2. The fraction of sp³-hybridized carbons (Fsp3) is 0.211. The lowest BCUT2D eigenvalue weighted by molar-refractivity contribution is 0.0981. The van der Waals surface area contributed by atoms with Crippen LogP contribution in [-0.2, 0) is 16.4 Å². The van der Waals surface area contributed by atoms with Crippen molar-refractivity contribution in [3.8, 4) is 6.07 Å². The van der Waals surface area contributed by atoms with Gasteiger partial charge in [-0.1, -0.05) is 0 Å². The van der Waals surface area contributed by atoms with E-state index in [0.29, 0.717) is 20.8 Å². The maximum atomic E-state index is 13.8. The van der Waals surface area contributed by atoms with Gasteiger partial charge in [-0.15, -0.1) is 0 Å². The first kappa shape index (κ1) is 33.0. The molecule has 0 bridgehead atoms. The summed E-state index contributed by atoms with van der Waals surface area (Å²) >= 11 is 0. The van der Waals surface area contributed by atoms with Gasteiger partial charge < -0.3 is 14.3 Å². The van der Waals surface area contributed by atoms with Gasteiger partial charge in [0.2, 0.25) is 0 Å². The molecule has 0 saturated carbocycles. The number of aryl methyl sites for hydroxylation is 1. The average molecular weight is 694 g/mol. The maximum Gasteiger partial charge on any atom is 0.308 e. The van der Waals surface area contributed by atoms with Crippen LogP contribution < -0.4 is 9.21 Å². The van der Waals surface area contributed by atoms with Crippen LogP contribution in [0.4, 0.5) is 20.2 Å². The third-order valence-corrected chi connectivity index (χ3v) is 10.8. The number of hydrogen-bond donors (Lipinski definition) is 1. The summed E-state index contributed by atoms with van der Waals surface area (Å²) in [7, 11) is -4.52. The molecule has 7 rings (SSSR count). The highest BCUT2D eigenvalue weighted by atomic mass is 32.2. The van der Waals surface area contributed by atoms with Crippen LogP contribution >= 0.6 is 0 Å². The molecule has 3 heterocycles. The molecule has 0 atom stereocenters. The molecule has 0 aliphatic carbocycles. The molecular formula is C38H33F2N5O4S. The lowest BCUT2D eigenvalue weighted by Gasteiger charge is -2.36. The Labute approximate surface area is 288 Å². The number of benzene rings is 4. The van der Waals surface area contributed by atoms with Crippen molar-refractivity contribution in [1.29, 1.82) is 5.26 Å². The molecule has 1 fully saturated rings. The van der Waals surface area contributed by atoms with Crippen molar-refractivity contribution >= 4 is 49.2 Å². The van der Waals surface area contributed by atoms with Crippen LogP contribution in [0.5, 0.6) is 0 Å². The van der Waals surface area contributed by atoms with Gasteiger partial charge in [0.1, 0.15) is 17.2 Å². The molecule has 2 aromatic heterocycles.